The first-order valence-electron chi connectivity index (χ1n) is 6.25. The van der Waals surface area contributed by atoms with E-state index < -0.39 is 0 Å². The highest BCUT2D eigenvalue weighted by Crippen LogP contribution is 2.32. The van der Waals surface area contributed by atoms with Crippen molar-refractivity contribution >= 4 is 11.6 Å². The largest absolute Gasteiger partial charge is 0.324 e. The molecule has 0 fully saturated rings. The summed E-state index contributed by atoms with van der Waals surface area (Å²) in [7, 11) is 0. The molecule has 1 atom stereocenters. The summed E-state index contributed by atoms with van der Waals surface area (Å²) in [6.45, 7) is 2.10. The molecule has 0 spiro atoms. The van der Waals surface area contributed by atoms with Gasteiger partial charge >= 0.3 is 0 Å². The number of aryl methyl sites for hydroxylation is 1. The first-order chi connectivity index (χ1) is 8.66. The van der Waals surface area contributed by atoms with E-state index >= 15 is 0 Å². The molecule has 1 aliphatic rings. The second kappa shape index (κ2) is 4.41. The standard InChI is InChI=1S/C14H16ClN3/c1-9-7-11-12(16)3-2-4-13(11)18(9)14-6-5-10(15)8-17-14/h5-8,12H,2-4,16H2,1H3. The number of pyridine rings is 1. The SMILES string of the molecule is Cc1cc2c(n1-c1ccc(Cl)cn1)CCCC2N. The summed E-state index contributed by atoms with van der Waals surface area (Å²) in [4.78, 5) is 4.40. The van der Waals surface area contributed by atoms with E-state index in [1.54, 1.807) is 6.20 Å². The summed E-state index contributed by atoms with van der Waals surface area (Å²) in [6.07, 6.45) is 4.97. The second-order valence-electron chi connectivity index (χ2n) is 4.86. The minimum atomic E-state index is 0.168. The molecule has 2 aromatic rings. The summed E-state index contributed by atoms with van der Waals surface area (Å²) >= 11 is 5.89. The summed E-state index contributed by atoms with van der Waals surface area (Å²) in [5.74, 6) is 0.923. The van der Waals surface area contributed by atoms with Gasteiger partial charge in [-0.3, -0.25) is 0 Å². The zero-order valence-electron chi connectivity index (χ0n) is 10.4. The Labute approximate surface area is 112 Å². The number of hydrogen-bond acceptors (Lipinski definition) is 2. The van der Waals surface area contributed by atoms with Crippen molar-refractivity contribution in [3.63, 3.8) is 0 Å². The lowest BCUT2D eigenvalue weighted by atomic mass is 9.93. The molecule has 3 rings (SSSR count). The molecule has 0 saturated heterocycles. The van der Waals surface area contributed by atoms with Gasteiger partial charge in [0.2, 0.25) is 0 Å². The van der Waals surface area contributed by atoms with Crippen molar-refractivity contribution in [3.8, 4) is 5.82 Å². The Kier molecular flexibility index (Phi) is 2.88. The van der Waals surface area contributed by atoms with Gasteiger partial charge in [-0.05, 0) is 49.9 Å². The number of halogens is 1. The van der Waals surface area contributed by atoms with Crippen molar-refractivity contribution in [2.75, 3.05) is 0 Å². The van der Waals surface area contributed by atoms with Crippen molar-refractivity contribution in [1.29, 1.82) is 0 Å². The van der Waals surface area contributed by atoms with Crippen molar-refractivity contribution in [2.45, 2.75) is 32.2 Å². The number of nitrogens with zero attached hydrogens (tertiary/aromatic N) is 2. The summed E-state index contributed by atoms with van der Waals surface area (Å²) < 4.78 is 2.20. The Morgan fingerprint density at radius 2 is 2.28 bits per heavy atom. The van der Waals surface area contributed by atoms with Crippen LogP contribution in [0.4, 0.5) is 0 Å². The van der Waals surface area contributed by atoms with E-state index in [0.29, 0.717) is 5.02 Å². The smallest absolute Gasteiger partial charge is 0.137 e. The average Bonchev–Trinajstić information content (AvgIpc) is 2.69. The molecule has 2 aromatic heterocycles. The fourth-order valence-corrected chi connectivity index (χ4v) is 2.87. The quantitative estimate of drug-likeness (QED) is 0.857. The highest BCUT2D eigenvalue weighted by molar-refractivity contribution is 6.30. The molecule has 94 valence electrons. The third-order valence-electron chi connectivity index (χ3n) is 3.59. The van der Waals surface area contributed by atoms with Crippen LogP contribution in [0.3, 0.4) is 0 Å². The van der Waals surface area contributed by atoms with E-state index in [2.05, 4.69) is 22.5 Å². The third-order valence-corrected chi connectivity index (χ3v) is 3.81. The van der Waals surface area contributed by atoms with E-state index in [4.69, 9.17) is 17.3 Å². The van der Waals surface area contributed by atoms with E-state index in [1.807, 2.05) is 12.1 Å². The van der Waals surface area contributed by atoms with Gasteiger partial charge in [0.05, 0.1) is 5.02 Å². The molecule has 1 aliphatic carbocycles. The van der Waals surface area contributed by atoms with Crippen LogP contribution in [0.5, 0.6) is 0 Å². The number of rotatable bonds is 1. The van der Waals surface area contributed by atoms with Crippen molar-refractivity contribution < 1.29 is 0 Å². The monoisotopic (exact) mass is 261 g/mol. The molecule has 2 N–H and O–H groups in total. The number of aromatic nitrogens is 2. The lowest BCUT2D eigenvalue weighted by Gasteiger charge is -2.20. The van der Waals surface area contributed by atoms with Crippen molar-refractivity contribution in [1.82, 2.24) is 9.55 Å². The fraction of sp³-hybridized carbons (Fsp3) is 0.357. The van der Waals surface area contributed by atoms with E-state index in [0.717, 1.165) is 25.1 Å². The van der Waals surface area contributed by atoms with Crippen molar-refractivity contribution in [2.24, 2.45) is 5.73 Å². The Morgan fingerprint density at radius 3 is 3.00 bits per heavy atom. The first-order valence-corrected chi connectivity index (χ1v) is 6.63. The lowest BCUT2D eigenvalue weighted by Crippen LogP contribution is -2.18. The van der Waals surface area contributed by atoms with Crippen LogP contribution in [0, 0.1) is 6.92 Å². The van der Waals surface area contributed by atoms with Gasteiger partial charge in [-0.2, -0.15) is 0 Å². The first kappa shape index (κ1) is 11.8. The minimum Gasteiger partial charge on any atom is -0.324 e. The van der Waals surface area contributed by atoms with E-state index in [1.165, 1.54) is 17.0 Å². The maximum atomic E-state index is 6.18. The van der Waals surface area contributed by atoms with Gasteiger partial charge in [0.15, 0.2) is 0 Å². The van der Waals surface area contributed by atoms with E-state index in [-0.39, 0.29) is 6.04 Å². The van der Waals surface area contributed by atoms with Gasteiger partial charge in [-0.15, -0.1) is 0 Å². The van der Waals surface area contributed by atoms with Crippen LogP contribution in [0.2, 0.25) is 5.02 Å². The Hall–Kier alpha value is -1.32. The van der Waals surface area contributed by atoms with Gasteiger partial charge in [-0.25, -0.2) is 4.98 Å². The van der Waals surface area contributed by atoms with Gasteiger partial charge in [0.1, 0.15) is 5.82 Å². The molecule has 0 bridgehead atoms. The molecule has 0 saturated carbocycles. The van der Waals surface area contributed by atoms with Gasteiger partial charge in [-0.1, -0.05) is 11.6 Å². The molecule has 3 nitrogen and oxygen atoms in total. The Bertz CT molecular complexity index is 571. The maximum Gasteiger partial charge on any atom is 0.137 e. The predicted molar refractivity (Wildman–Crippen MR) is 73.2 cm³/mol. The van der Waals surface area contributed by atoms with Crippen LogP contribution >= 0.6 is 11.6 Å². The minimum absolute atomic E-state index is 0.168. The molecule has 1 unspecified atom stereocenters. The Morgan fingerprint density at radius 1 is 1.44 bits per heavy atom. The molecule has 18 heavy (non-hydrogen) atoms. The van der Waals surface area contributed by atoms with Crippen LogP contribution in [-0.2, 0) is 6.42 Å². The van der Waals surface area contributed by atoms with Crippen LogP contribution in [0.1, 0.15) is 35.8 Å². The van der Waals surface area contributed by atoms with Gasteiger partial charge < -0.3 is 10.3 Å². The Balaban J connectivity index is 2.15. The molecule has 0 amide bonds. The van der Waals surface area contributed by atoms with Crippen LogP contribution in [0.25, 0.3) is 5.82 Å². The zero-order chi connectivity index (χ0) is 12.7. The molecule has 2 heterocycles. The fourth-order valence-electron chi connectivity index (χ4n) is 2.76. The third kappa shape index (κ3) is 1.84. The summed E-state index contributed by atoms with van der Waals surface area (Å²) in [5.41, 5.74) is 9.94. The maximum absolute atomic E-state index is 6.18. The van der Waals surface area contributed by atoms with Gasteiger partial charge in [0.25, 0.3) is 0 Å². The van der Waals surface area contributed by atoms with Crippen molar-refractivity contribution in [3.05, 3.63) is 46.4 Å². The highest BCUT2D eigenvalue weighted by Gasteiger charge is 2.22. The molecule has 0 aliphatic heterocycles. The van der Waals surface area contributed by atoms with Crippen LogP contribution < -0.4 is 5.73 Å². The van der Waals surface area contributed by atoms with Gasteiger partial charge in [0, 0.05) is 23.6 Å². The molecule has 0 radical (unpaired) electrons. The summed E-state index contributed by atoms with van der Waals surface area (Å²) in [5, 5.41) is 0.661. The second-order valence-corrected chi connectivity index (χ2v) is 5.29. The summed E-state index contributed by atoms with van der Waals surface area (Å²) in [6, 6.07) is 6.19. The average molecular weight is 262 g/mol. The number of hydrogen-bond donors (Lipinski definition) is 1. The van der Waals surface area contributed by atoms with Crippen LogP contribution in [0.15, 0.2) is 24.4 Å². The molecular weight excluding hydrogens is 246 g/mol. The van der Waals surface area contributed by atoms with E-state index in [9.17, 15) is 0 Å². The normalized spacial score (nSPS) is 18.7. The molecule has 4 heteroatoms. The topological polar surface area (TPSA) is 43.8 Å². The molecular formula is C14H16ClN3. The molecule has 0 aromatic carbocycles. The van der Waals surface area contributed by atoms with Crippen LogP contribution in [-0.4, -0.2) is 9.55 Å². The zero-order valence-corrected chi connectivity index (χ0v) is 11.1. The predicted octanol–water partition coefficient (Wildman–Crippen LogP) is 3.17. The lowest BCUT2D eigenvalue weighted by molar-refractivity contribution is 0.559. The number of nitrogens with two attached hydrogens (primary N) is 1. The number of fused-ring (bicyclic) bond motifs is 1. The highest BCUT2D eigenvalue weighted by atomic mass is 35.5.